The molecule has 1 fully saturated rings. The van der Waals surface area contributed by atoms with Gasteiger partial charge in [-0.3, -0.25) is 4.79 Å². The summed E-state index contributed by atoms with van der Waals surface area (Å²) in [5.74, 6) is -0.573. The van der Waals surface area contributed by atoms with Crippen LogP contribution in [0.15, 0.2) is 35.4 Å². The number of sulfonamides is 1. The van der Waals surface area contributed by atoms with Gasteiger partial charge in [-0.15, -0.1) is 0 Å². The molecule has 2 N–H and O–H groups in total. The largest absolute Gasteiger partial charge is 0.493 e. The zero-order chi connectivity index (χ0) is 21.7. The second-order valence-corrected chi connectivity index (χ2v) is 8.25. The van der Waals surface area contributed by atoms with Crippen LogP contribution in [-0.2, 0) is 21.3 Å². The van der Waals surface area contributed by atoms with Crippen molar-refractivity contribution in [3.8, 4) is 11.5 Å². The fourth-order valence-electron chi connectivity index (χ4n) is 2.89. The van der Waals surface area contributed by atoms with Gasteiger partial charge in [-0.25, -0.2) is 8.42 Å². The molecule has 9 nitrogen and oxygen atoms in total. The Bertz CT molecular complexity index is 990. The minimum atomic E-state index is -3.73. The number of amides is 1. The molecule has 164 valence electrons. The van der Waals surface area contributed by atoms with Gasteiger partial charge in [0, 0.05) is 25.8 Å². The fourth-order valence-corrected chi connectivity index (χ4v) is 4.29. The van der Waals surface area contributed by atoms with Crippen molar-refractivity contribution in [3.63, 3.8) is 0 Å². The topological polar surface area (TPSA) is 110 Å². The number of morpholine rings is 1. The molecule has 0 atom stereocenters. The average molecular weight is 445 g/mol. The van der Waals surface area contributed by atoms with Gasteiger partial charge in [-0.1, -0.05) is 6.07 Å². The summed E-state index contributed by atoms with van der Waals surface area (Å²) in [6.07, 6.45) is 1.25. The average Bonchev–Trinajstić information content (AvgIpc) is 3.24. The zero-order valence-corrected chi connectivity index (χ0v) is 16.9. The van der Waals surface area contributed by atoms with E-state index in [0.717, 1.165) is 0 Å². The quantitative estimate of drug-likeness (QED) is 0.639. The van der Waals surface area contributed by atoms with E-state index in [1.807, 2.05) is 0 Å². The number of nitrogens with zero attached hydrogens (tertiary/aromatic N) is 1. The van der Waals surface area contributed by atoms with Crippen LogP contribution < -0.4 is 14.8 Å². The number of hydrogen-bond acceptors (Lipinski definition) is 6. The number of alkyl halides is 2. The Labute approximate surface area is 172 Å². The number of carbonyl (C=O) groups is 1. The highest BCUT2D eigenvalue weighted by Crippen LogP contribution is 2.29. The number of hydrogen-bond donors (Lipinski definition) is 2. The Morgan fingerprint density at radius 3 is 2.67 bits per heavy atom. The van der Waals surface area contributed by atoms with Gasteiger partial charge < -0.3 is 24.5 Å². The first kappa shape index (κ1) is 22.0. The molecule has 1 aromatic carbocycles. The van der Waals surface area contributed by atoms with E-state index in [9.17, 15) is 22.0 Å². The molecule has 0 bridgehead atoms. The standard InChI is InChI=1S/C18H21F2N3O6S/c1-27-15-3-2-12(8-16(15)29-18(19)20)10-22-17(24)14-9-13(11-21-14)30(25,26)23-4-6-28-7-5-23/h2-3,8-9,11,18,21H,4-7,10H2,1H3,(H,22,24). The Balaban J connectivity index is 1.66. The van der Waals surface area contributed by atoms with Crippen molar-refractivity contribution in [2.75, 3.05) is 33.4 Å². The molecule has 0 unspecified atom stereocenters. The molecule has 0 spiro atoms. The number of rotatable bonds is 8. The number of aromatic amines is 1. The first-order valence-electron chi connectivity index (χ1n) is 8.97. The molecule has 12 heteroatoms. The number of H-pyrrole nitrogens is 1. The Hall–Kier alpha value is -2.70. The lowest BCUT2D eigenvalue weighted by atomic mass is 10.2. The SMILES string of the molecule is COc1ccc(CNC(=O)c2cc(S(=O)(=O)N3CCOCC3)c[nH]2)cc1OC(F)F. The van der Waals surface area contributed by atoms with Crippen molar-refractivity contribution in [3.05, 3.63) is 41.7 Å². The lowest BCUT2D eigenvalue weighted by Crippen LogP contribution is -2.40. The monoisotopic (exact) mass is 445 g/mol. The van der Waals surface area contributed by atoms with E-state index < -0.39 is 22.5 Å². The number of ether oxygens (including phenoxy) is 3. The second-order valence-electron chi connectivity index (χ2n) is 6.31. The molecule has 1 saturated heterocycles. The van der Waals surface area contributed by atoms with Crippen molar-refractivity contribution >= 4 is 15.9 Å². The molecule has 2 aromatic rings. The third kappa shape index (κ3) is 5.07. The zero-order valence-electron chi connectivity index (χ0n) is 16.1. The molecule has 1 aliphatic rings. The highest BCUT2D eigenvalue weighted by Gasteiger charge is 2.28. The summed E-state index contributed by atoms with van der Waals surface area (Å²) in [6, 6.07) is 5.61. The fraction of sp³-hybridized carbons (Fsp3) is 0.389. The summed E-state index contributed by atoms with van der Waals surface area (Å²) in [6.45, 7) is -1.89. The lowest BCUT2D eigenvalue weighted by molar-refractivity contribution is -0.0512. The highest BCUT2D eigenvalue weighted by molar-refractivity contribution is 7.89. The third-order valence-electron chi connectivity index (χ3n) is 4.41. The van der Waals surface area contributed by atoms with Crippen molar-refractivity contribution in [1.29, 1.82) is 0 Å². The normalized spacial score (nSPS) is 15.2. The minimum absolute atomic E-state index is 0.00694. The van der Waals surface area contributed by atoms with Gasteiger partial charge in [0.1, 0.15) is 10.6 Å². The van der Waals surface area contributed by atoms with Gasteiger partial charge in [0.2, 0.25) is 10.0 Å². The first-order chi connectivity index (χ1) is 14.3. The van der Waals surface area contributed by atoms with Crippen LogP contribution in [0.2, 0.25) is 0 Å². The Morgan fingerprint density at radius 2 is 2.00 bits per heavy atom. The molecule has 3 rings (SSSR count). The number of carbonyl (C=O) groups excluding carboxylic acids is 1. The first-order valence-corrected chi connectivity index (χ1v) is 10.4. The molecule has 1 aromatic heterocycles. The van der Waals surface area contributed by atoms with Crippen LogP contribution in [-0.4, -0.2) is 63.6 Å². The number of aromatic nitrogens is 1. The lowest BCUT2D eigenvalue weighted by Gasteiger charge is -2.25. The number of methoxy groups -OCH3 is 1. The number of benzene rings is 1. The summed E-state index contributed by atoms with van der Waals surface area (Å²) < 4.78 is 66.1. The van der Waals surface area contributed by atoms with Crippen LogP contribution in [0.4, 0.5) is 8.78 Å². The van der Waals surface area contributed by atoms with E-state index in [1.165, 1.54) is 35.8 Å². The molecule has 0 saturated carbocycles. The summed E-state index contributed by atoms with van der Waals surface area (Å²) in [5.41, 5.74) is 0.548. The van der Waals surface area contributed by atoms with Crippen LogP contribution in [0.1, 0.15) is 16.1 Å². The van der Waals surface area contributed by atoms with Gasteiger partial charge >= 0.3 is 6.61 Å². The summed E-state index contributed by atoms with van der Waals surface area (Å²) in [7, 11) is -2.40. The molecular formula is C18H21F2N3O6S. The van der Waals surface area contributed by atoms with Gasteiger partial charge in [0.25, 0.3) is 5.91 Å². The summed E-state index contributed by atoms with van der Waals surface area (Å²) >= 11 is 0. The van der Waals surface area contributed by atoms with Gasteiger partial charge in [0.15, 0.2) is 11.5 Å². The maximum atomic E-state index is 12.6. The van der Waals surface area contributed by atoms with E-state index >= 15 is 0 Å². The van der Waals surface area contributed by atoms with Crippen LogP contribution >= 0.6 is 0 Å². The van der Waals surface area contributed by atoms with Crippen molar-refractivity contribution < 1.29 is 36.2 Å². The van der Waals surface area contributed by atoms with Crippen LogP contribution in [0.5, 0.6) is 11.5 Å². The molecule has 30 heavy (non-hydrogen) atoms. The van der Waals surface area contributed by atoms with Gasteiger partial charge in [-0.2, -0.15) is 13.1 Å². The van der Waals surface area contributed by atoms with Crippen LogP contribution in [0.3, 0.4) is 0 Å². The van der Waals surface area contributed by atoms with E-state index in [-0.39, 0.29) is 41.7 Å². The van der Waals surface area contributed by atoms with Crippen molar-refractivity contribution in [1.82, 2.24) is 14.6 Å². The predicted octanol–water partition coefficient (Wildman–Crippen LogP) is 1.58. The molecule has 0 aliphatic carbocycles. The van der Waals surface area contributed by atoms with Crippen LogP contribution in [0, 0.1) is 0 Å². The Morgan fingerprint density at radius 1 is 1.27 bits per heavy atom. The van der Waals surface area contributed by atoms with E-state index in [1.54, 1.807) is 6.07 Å². The van der Waals surface area contributed by atoms with E-state index in [2.05, 4.69) is 15.0 Å². The number of halogens is 2. The number of nitrogens with one attached hydrogen (secondary N) is 2. The molecular weight excluding hydrogens is 424 g/mol. The molecule has 0 radical (unpaired) electrons. The molecule has 2 heterocycles. The minimum Gasteiger partial charge on any atom is -0.493 e. The second kappa shape index (κ2) is 9.41. The summed E-state index contributed by atoms with van der Waals surface area (Å²) in [5, 5.41) is 2.60. The Kier molecular flexibility index (Phi) is 6.90. The van der Waals surface area contributed by atoms with Crippen molar-refractivity contribution in [2.45, 2.75) is 18.1 Å². The molecule has 1 amide bonds. The highest BCUT2D eigenvalue weighted by atomic mass is 32.2. The van der Waals surface area contributed by atoms with Crippen LogP contribution in [0.25, 0.3) is 0 Å². The maximum Gasteiger partial charge on any atom is 0.387 e. The van der Waals surface area contributed by atoms with E-state index in [0.29, 0.717) is 18.8 Å². The van der Waals surface area contributed by atoms with Crippen molar-refractivity contribution in [2.24, 2.45) is 0 Å². The van der Waals surface area contributed by atoms with Gasteiger partial charge in [0.05, 0.1) is 20.3 Å². The predicted molar refractivity (Wildman–Crippen MR) is 101 cm³/mol. The molecule has 1 aliphatic heterocycles. The smallest absolute Gasteiger partial charge is 0.387 e. The third-order valence-corrected chi connectivity index (χ3v) is 6.28. The summed E-state index contributed by atoms with van der Waals surface area (Å²) in [4.78, 5) is 15.0. The van der Waals surface area contributed by atoms with Gasteiger partial charge in [-0.05, 0) is 23.8 Å². The van der Waals surface area contributed by atoms with E-state index in [4.69, 9.17) is 9.47 Å². The maximum absolute atomic E-state index is 12.6.